The van der Waals surface area contributed by atoms with Crippen molar-refractivity contribution >= 4 is 22.6 Å². The topological polar surface area (TPSA) is 77.5 Å². The monoisotopic (exact) mass is 544 g/mol. The Bertz CT molecular complexity index is 1340. The molecule has 40 heavy (non-hydrogen) atoms. The van der Waals surface area contributed by atoms with Crippen molar-refractivity contribution in [3.05, 3.63) is 65.5 Å². The molecule has 1 fully saturated rings. The van der Waals surface area contributed by atoms with E-state index in [0.717, 1.165) is 28.6 Å². The molecule has 6 nitrogen and oxygen atoms in total. The van der Waals surface area contributed by atoms with Crippen LogP contribution in [0.4, 0.5) is 0 Å². The summed E-state index contributed by atoms with van der Waals surface area (Å²) < 4.78 is 11.2. The lowest BCUT2D eigenvalue weighted by molar-refractivity contribution is -0.143. The minimum Gasteiger partial charge on any atom is -0.467 e. The molecule has 2 aromatic carbocycles. The number of hydrogen-bond donors (Lipinski definition) is 1. The molecule has 0 unspecified atom stereocenters. The quantitative estimate of drug-likeness (QED) is 0.293. The third-order valence-electron chi connectivity index (χ3n) is 7.63. The van der Waals surface area contributed by atoms with Gasteiger partial charge in [0.05, 0.1) is 7.11 Å². The van der Waals surface area contributed by atoms with E-state index < -0.39 is 12.0 Å². The standard InChI is InChI=1S/C34H44N2O4/c1-33(2,3)21-30(32(38)39-7)36-31(37)29-20-23-19-26(40-25-14-12-24(13-15-25)34(4,5)6)16-17-27(23)28(35-29)18-22-10-8-9-11-22/h12-17,19-20,22,30H,8-11,18,21H2,1-7H3,(H,36,37)/t30-/m0/s1. The van der Waals surface area contributed by atoms with Gasteiger partial charge in [0.1, 0.15) is 23.2 Å². The van der Waals surface area contributed by atoms with E-state index in [1.165, 1.54) is 38.4 Å². The number of fused-ring (bicyclic) bond motifs is 1. The van der Waals surface area contributed by atoms with Crippen molar-refractivity contribution < 1.29 is 19.1 Å². The highest BCUT2D eigenvalue weighted by atomic mass is 16.5. The summed E-state index contributed by atoms with van der Waals surface area (Å²) in [7, 11) is 1.34. The van der Waals surface area contributed by atoms with Crippen molar-refractivity contribution in [1.29, 1.82) is 0 Å². The van der Waals surface area contributed by atoms with E-state index in [9.17, 15) is 9.59 Å². The van der Waals surface area contributed by atoms with Crippen LogP contribution in [0.15, 0.2) is 48.5 Å². The predicted molar refractivity (Wildman–Crippen MR) is 160 cm³/mol. The summed E-state index contributed by atoms with van der Waals surface area (Å²) in [4.78, 5) is 30.8. The number of nitrogens with zero attached hydrogens (tertiary/aromatic N) is 1. The number of benzene rings is 2. The van der Waals surface area contributed by atoms with Crippen molar-refractivity contribution in [2.24, 2.45) is 11.3 Å². The number of aromatic nitrogens is 1. The van der Waals surface area contributed by atoms with Crippen LogP contribution in [0.1, 0.15) is 95.4 Å². The molecule has 0 spiro atoms. The van der Waals surface area contributed by atoms with Crippen molar-refractivity contribution in [3.63, 3.8) is 0 Å². The number of ether oxygens (including phenoxy) is 2. The molecule has 4 rings (SSSR count). The van der Waals surface area contributed by atoms with Gasteiger partial charge in [0.25, 0.3) is 5.91 Å². The lowest BCUT2D eigenvalue weighted by atomic mass is 9.87. The summed E-state index contributed by atoms with van der Waals surface area (Å²) >= 11 is 0. The fourth-order valence-electron chi connectivity index (χ4n) is 5.47. The Morgan fingerprint density at radius 3 is 2.20 bits per heavy atom. The van der Waals surface area contributed by atoms with Crippen molar-refractivity contribution in [3.8, 4) is 11.5 Å². The number of carbonyl (C=O) groups excluding carboxylic acids is 2. The van der Waals surface area contributed by atoms with E-state index in [-0.39, 0.29) is 16.7 Å². The fraction of sp³-hybridized carbons (Fsp3) is 0.500. The number of carbonyl (C=O) groups is 2. The molecule has 1 amide bonds. The molecule has 0 radical (unpaired) electrons. The van der Waals surface area contributed by atoms with E-state index >= 15 is 0 Å². The van der Waals surface area contributed by atoms with Crippen LogP contribution in [0.3, 0.4) is 0 Å². The molecule has 214 valence electrons. The number of methoxy groups -OCH3 is 1. The number of hydrogen-bond acceptors (Lipinski definition) is 5. The molecule has 1 atom stereocenters. The summed E-state index contributed by atoms with van der Waals surface area (Å²) in [6, 6.07) is 15.2. The second-order valence-corrected chi connectivity index (χ2v) is 13.4. The first-order valence-electron chi connectivity index (χ1n) is 14.4. The minimum atomic E-state index is -0.751. The Balaban J connectivity index is 1.66. The molecule has 0 bridgehead atoms. The van der Waals surface area contributed by atoms with Crippen LogP contribution < -0.4 is 10.1 Å². The summed E-state index contributed by atoms with van der Waals surface area (Å²) in [6.45, 7) is 12.7. The Morgan fingerprint density at radius 2 is 1.60 bits per heavy atom. The first kappa shape index (κ1) is 29.6. The number of nitrogens with one attached hydrogen (secondary N) is 1. The van der Waals surface area contributed by atoms with Gasteiger partial charge in [-0.05, 0) is 76.9 Å². The molecular weight excluding hydrogens is 500 g/mol. The van der Waals surface area contributed by atoms with Crippen molar-refractivity contribution in [2.45, 2.75) is 91.5 Å². The molecule has 0 saturated heterocycles. The van der Waals surface area contributed by atoms with E-state index in [0.29, 0.717) is 23.8 Å². The predicted octanol–water partition coefficient (Wildman–Crippen LogP) is 7.76. The zero-order valence-electron chi connectivity index (χ0n) is 25.1. The van der Waals surface area contributed by atoms with E-state index in [4.69, 9.17) is 14.5 Å². The number of pyridine rings is 1. The molecule has 1 saturated carbocycles. The zero-order chi connectivity index (χ0) is 29.1. The molecule has 1 heterocycles. The fourth-order valence-corrected chi connectivity index (χ4v) is 5.47. The molecule has 1 aromatic heterocycles. The lowest BCUT2D eigenvalue weighted by Gasteiger charge is -2.25. The molecule has 6 heteroatoms. The number of rotatable bonds is 8. The van der Waals surface area contributed by atoms with Gasteiger partial charge in [-0.3, -0.25) is 4.79 Å². The summed E-state index contributed by atoms with van der Waals surface area (Å²) in [5.41, 5.74) is 2.36. The van der Waals surface area contributed by atoms with Crippen LogP contribution in [0.25, 0.3) is 10.8 Å². The second kappa shape index (κ2) is 12.0. The Kier molecular flexibility index (Phi) is 8.86. The highest BCUT2D eigenvalue weighted by Gasteiger charge is 2.28. The summed E-state index contributed by atoms with van der Waals surface area (Å²) in [6.07, 6.45) is 6.13. The average molecular weight is 545 g/mol. The van der Waals surface area contributed by atoms with E-state index in [2.05, 4.69) is 38.2 Å². The molecular formula is C34H44N2O4. The Labute approximate surface area is 238 Å². The maximum atomic E-state index is 13.5. The smallest absolute Gasteiger partial charge is 0.328 e. The first-order chi connectivity index (χ1) is 18.8. The maximum absolute atomic E-state index is 13.5. The van der Waals surface area contributed by atoms with Crippen LogP contribution >= 0.6 is 0 Å². The highest BCUT2D eigenvalue weighted by Crippen LogP contribution is 2.33. The summed E-state index contributed by atoms with van der Waals surface area (Å²) in [5, 5.41) is 4.81. The Hall–Kier alpha value is -3.41. The van der Waals surface area contributed by atoms with Crippen LogP contribution in [0.2, 0.25) is 0 Å². The summed E-state index contributed by atoms with van der Waals surface area (Å²) in [5.74, 6) is 1.19. The molecule has 0 aliphatic heterocycles. The minimum absolute atomic E-state index is 0.0704. The van der Waals surface area contributed by atoms with Crippen LogP contribution in [0, 0.1) is 11.3 Å². The van der Waals surface area contributed by atoms with Gasteiger partial charge in [-0.1, -0.05) is 79.4 Å². The van der Waals surface area contributed by atoms with Gasteiger partial charge in [0, 0.05) is 11.1 Å². The Morgan fingerprint density at radius 1 is 0.950 bits per heavy atom. The zero-order valence-corrected chi connectivity index (χ0v) is 25.1. The number of amides is 1. The normalized spacial score (nSPS) is 15.2. The largest absolute Gasteiger partial charge is 0.467 e. The molecule has 1 N–H and O–H groups in total. The van der Waals surface area contributed by atoms with Crippen LogP contribution in [-0.2, 0) is 21.4 Å². The SMILES string of the molecule is COC(=O)[C@H](CC(C)(C)C)NC(=O)c1cc2cc(Oc3ccc(C(C)(C)C)cc3)ccc2c(CC2CCCC2)n1. The van der Waals surface area contributed by atoms with Gasteiger partial charge in [-0.2, -0.15) is 0 Å². The second-order valence-electron chi connectivity index (χ2n) is 13.4. The third-order valence-corrected chi connectivity index (χ3v) is 7.63. The van der Waals surface area contributed by atoms with Crippen LogP contribution in [-0.4, -0.2) is 30.0 Å². The van der Waals surface area contributed by atoms with Gasteiger partial charge in [0.2, 0.25) is 0 Å². The van der Waals surface area contributed by atoms with Gasteiger partial charge in [0.15, 0.2) is 0 Å². The van der Waals surface area contributed by atoms with Crippen molar-refractivity contribution in [2.75, 3.05) is 7.11 Å². The van der Waals surface area contributed by atoms with E-state index in [1.807, 2.05) is 51.1 Å². The van der Waals surface area contributed by atoms with Crippen molar-refractivity contribution in [1.82, 2.24) is 10.3 Å². The molecule has 1 aliphatic carbocycles. The molecule has 1 aliphatic rings. The highest BCUT2D eigenvalue weighted by molar-refractivity contribution is 5.99. The van der Waals surface area contributed by atoms with Crippen LogP contribution in [0.5, 0.6) is 11.5 Å². The first-order valence-corrected chi connectivity index (χ1v) is 14.4. The maximum Gasteiger partial charge on any atom is 0.328 e. The van der Waals surface area contributed by atoms with E-state index in [1.54, 1.807) is 6.07 Å². The number of esters is 1. The van der Waals surface area contributed by atoms with Gasteiger partial charge >= 0.3 is 5.97 Å². The van der Waals surface area contributed by atoms with Gasteiger partial charge in [-0.15, -0.1) is 0 Å². The lowest BCUT2D eigenvalue weighted by Crippen LogP contribution is -2.44. The van der Waals surface area contributed by atoms with Gasteiger partial charge in [-0.25, -0.2) is 9.78 Å². The van der Waals surface area contributed by atoms with Gasteiger partial charge < -0.3 is 14.8 Å². The third kappa shape index (κ3) is 7.61. The average Bonchev–Trinajstić information content (AvgIpc) is 3.39. The molecule has 3 aromatic rings.